The van der Waals surface area contributed by atoms with Crippen molar-refractivity contribution < 1.29 is 9.59 Å². The number of carbonyl (C=O) groups excluding carboxylic acids is 2. The van der Waals surface area contributed by atoms with E-state index in [0.29, 0.717) is 13.1 Å². The number of thiophene rings is 1. The van der Waals surface area contributed by atoms with Crippen molar-refractivity contribution in [2.45, 2.75) is 26.4 Å². The van der Waals surface area contributed by atoms with Gasteiger partial charge >= 0.3 is 6.03 Å². The first kappa shape index (κ1) is 16.1. The molecule has 0 unspecified atom stereocenters. The minimum atomic E-state index is -0.452. The van der Waals surface area contributed by atoms with Crippen LogP contribution in [0.2, 0.25) is 0 Å². The minimum Gasteiger partial charge on any atom is -0.338 e. The Balaban J connectivity index is 2.49. The van der Waals surface area contributed by atoms with Gasteiger partial charge in [0.15, 0.2) is 0 Å². The highest BCUT2D eigenvalue weighted by Crippen LogP contribution is 2.21. The molecule has 0 aliphatic heterocycles. The molecule has 1 atom stereocenters. The summed E-state index contributed by atoms with van der Waals surface area (Å²) in [5.74, 6) is -0.302. The van der Waals surface area contributed by atoms with Crippen LogP contribution in [0, 0.1) is 0 Å². The van der Waals surface area contributed by atoms with E-state index in [1.165, 1.54) is 0 Å². The van der Waals surface area contributed by atoms with E-state index < -0.39 is 6.03 Å². The van der Waals surface area contributed by atoms with Crippen LogP contribution in [-0.2, 0) is 11.3 Å². The van der Waals surface area contributed by atoms with Crippen molar-refractivity contribution in [3.8, 4) is 0 Å². The Morgan fingerprint density at radius 3 is 2.74 bits per heavy atom. The molecule has 0 saturated carbocycles. The molecule has 0 radical (unpaired) electrons. The summed E-state index contributed by atoms with van der Waals surface area (Å²) in [6, 6.07) is 1.20. The van der Waals surface area contributed by atoms with Gasteiger partial charge in [0, 0.05) is 27.8 Å². The normalized spacial score (nSPS) is 12.3. The van der Waals surface area contributed by atoms with E-state index in [0.717, 1.165) is 9.35 Å². The van der Waals surface area contributed by atoms with Gasteiger partial charge in [0.1, 0.15) is 0 Å². The number of nitrogens with zero attached hydrogens (tertiary/aromatic N) is 1. The van der Waals surface area contributed by atoms with Crippen LogP contribution in [0.3, 0.4) is 0 Å². The molecule has 5 nitrogen and oxygen atoms in total. The number of hydrogen-bond acceptors (Lipinski definition) is 4. The van der Waals surface area contributed by atoms with E-state index in [-0.39, 0.29) is 11.9 Å². The molecule has 1 aromatic rings. The summed E-state index contributed by atoms with van der Waals surface area (Å²) in [6.07, 6.45) is 0. The second-order valence-electron chi connectivity index (χ2n) is 4.17. The van der Waals surface area contributed by atoms with Crippen molar-refractivity contribution in [3.63, 3.8) is 0 Å². The Hall–Kier alpha value is -0.920. The van der Waals surface area contributed by atoms with Crippen molar-refractivity contribution in [1.29, 1.82) is 0 Å². The lowest BCUT2D eigenvalue weighted by molar-refractivity contribution is -0.124. The number of amides is 3. The fraction of sp³-hybridized carbons (Fsp3) is 0.500. The molecule has 7 heteroatoms. The fourth-order valence-electron chi connectivity index (χ4n) is 1.44. The van der Waals surface area contributed by atoms with Gasteiger partial charge in [0.05, 0.1) is 6.04 Å². The number of urea groups is 1. The molecule has 0 aliphatic carbocycles. The predicted octanol–water partition coefficient (Wildman–Crippen LogP) is 2.18. The highest BCUT2D eigenvalue weighted by molar-refractivity contribution is 9.10. The lowest BCUT2D eigenvalue weighted by Gasteiger charge is -2.22. The Morgan fingerprint density at radius 2 is 2.21 bits per heavy atom. The third-order valence-corrected chi connectivity index (χ3v) is 4.32. The monoisotopic (exact) mass is 347 g/mol. The summed E-state index contributed by atoms with van der Waals surface area (Å²) in [7, 11) is 1.86. The SMILES string of the molecule is CCNC(=O)NC(=O)[C@@H](C)N(C)Cc1cc(Br)cs1. The van der Waals surface area contributed by atoms with Crippen LogP contribution in [0.5, 0.6) is 0 Å². The van der Waals surface area contributed by atoms with Crippen molar-refractivity contribution in [1.82, 2.24) is 15.5 Å². The minimum absolute atomic E-state index is 0.302. The molecule has 0 spiro atoms. The lowest BCUT2D eigenvalue weighted by atomic mass is 10.2. The molecular formula is C12H18BrN3O2S. The Labute approximate surface area is 125 Å². The van der Waals surface area contributed by atoms with Gasteiger partial charge in [-0.25, -0.2) is 4.79 Å². The number of halogens is 1. The van der Waals surface area contributed by atoms with Crippen molar-refractivity contribution in [3.05, 3.63) is 20.8 Å². The fourth-order valence-corrected chi connectivity index (χ4v) is 2.95. The molecule has 0 fully saturated rings. The summed E-state index contributed by atoms with van der Waals surface area (Å²) in [6.45, 7) is 4.73. The maximum absolute atomic E-state index is 11.8. The highest BCUT2D eigenvalue weighted by atomic mass is 79.9. The van der Waals surface area contributed by atoms with Crippen molar-refractivity contribution >= 4 is 39.2 Å². The van der Waals surface area contributed by atoms with Gasteiger partial charge in [0.25, 0.3) is 0 Å². The molecule has 1 rings (SSSR count). The number of likely N-dealkylation sites (N-methyl/N-ethyl adjacent to an activating group) is 1. The van der Waals surface area contributed by atoms with E-state index in [1.54, 1.807) is 25.2 Å². The molecule has 0 aromatic carbocycles. The Morgan fingerprint density at radius 1 is 1.53 bits per heavy atom. The van der Waals surface area contributed by atoms with Crippen LogP contribution in [-0.4, -0.2) is 36.5 Å². The molecule has 106 valence electrons. The number of rotatable bonds is 5. The Bertz CT molecular complexity index is 450. The zero-order chi connectivity index (χ0) is 14.4. The highest BCUT2D eigenvalue weighted by Gasteiger charge is 2.20. The molecule has 2 N–H and O–H groups in total. The average Bonchev–Trinajstić information content (AvgIpc) is 2.73. The smallest absolute Gasteiger partial charge is 0.321 e. The first-order valence-corrected chi connectivity index (χ1v) is 7.63. The number of carbonyl (C=O) groups is 2. The van der Waals surface area contributed by atoms with Crippen LogP contribution in [0.15, 0.2) is 15.9 Å². The summed E-state index contributed by atoms with van der Waals surface area (Å²) in [5, 5.41) is 6.85. The second-order valence-corrected chi connectivity index (χ2v) is 6.08. The summed E-state index contributed by atoms with van der Waals surface area (Å²) >= 11 is 5.03. The first-order valence-electron chi connectivity index (χ1n) is 5.95. The molecular weight excluding hydrogens is 330 g/mol. The summed E-state index contributed by atoms with van der Waals surface area (Å²) in [5.41, 5.74) is 0. The van der Waals surface area contributed by atoms with E-state index in [4.69, 9.17) is 0 Å². The number of nitrogens with one attached hydrogen (secondary N) is 2. The molecule has 1 aromatic heterocycles. The van der Waals surface area contributed by atoms with Crippen LogP contribution in [0.25, 0.3) is 0 Å². The second kappa shape index (κ2) is 7.62. The van der Waals surface area contributed by atoms with Crippen LogP contribution >= 0.6 is 27.3 Å². The lowest BCUT2D eigenvalue weighted by Crippen LogP contribution is -2.48. The topological polar surface area (TPSA) is 61.4 Å². The van der Waals surface area contributed by atoms with Crippen LogP contribution in [0.4, 0.5) is 4.79 Å². The third kappa shape index (κ3) is 5.30. The van der Waals surface area contributed by atoms with Gasteiger partial charge in [0.2, 0.25) is 5.91 Å². The average molecular weight is 348 g/mol. The summed E-state index contributed by atoms with van der Waals surface area (Å²) < 4.78 is 1.04. The van der Waals surface area contributed by atoms with Crippen LogP contribution < -0.4 is 10.6 Å². The standard InChI is InChI=1S/C12H18BrN3O2S/c1-4-14-12(18)15-11(17)8(2)16(3)6-10-5-9(13)7-19-10/h5,7-8H,4,6H2,1-3H3,(H2,14,15,17,18)/t8-/m1/s1. The van der Waals surface area contributed by atoms with Gasteiger partial charge in [-0.2, -0.15) is 0 Å². The number of hydrogen-bond donors (Lipinski definition) is 2. The predicted molar refractivity (Wildman–Crippen MR) is 80.2 cm³/mol. The van der Waals surface area contributed by atoms with Gasteiger partial charge < -0.3 is 5.32 Å². The zero-order valence-electron chi connectivity index (χ0n) is 11.2. The van der Waals surface area contributed by atoms with Crippen molar-refractivity contribution in [2.75, 3.05) is 13.6 Å². The largest absolute Gasteiger partial charge is 0.338 e. The van der Waals surface area contributed by atoms with Gasteiger partial charge in [-0.3, -0.25) is 15.0 Å². The Kier molecular flexibility index (Phi) is 6.47. The van der Waals surface area contributed by atoms with Gasteiger partial charge in [-0.15, -0.1) is 11.3 Å². The zero-order valence-corrected chi connectivity index (χ0v) is 13.6. The first-order chi connectivity index (χ1) is 8.93. The molecule has 1 heterocycles. The van der Waals surface area contributed by atoms with Crippen LogP contribution in [0.1, 0.15) is 18.7 Å². The van der Waals surface area contributed by atoms with Gasteiger partial charge in [-0.1, -0.05) is 0 Å². The molecule has 0 aliphatic rings. The molecule has 0 bridgehead atoms. The third-order valence-electron chi connectivity index (χ3n) is 2.64. The quantitative estimate of drug-likeness (QED) is 0.857. The molecule has 0 saturated heterocycles. The summed E-state index contributed by atoms with van der Waals surface area (Å²) in [4.78, 5) is 26.2. The van der Waals surface area contributed by atoms with E-state index in [2.05, 4.69) is 26.6 Å². The maximum Gasteiger partial charge on any atom is 0.321 e. The molecule has 3 amide bonds. The number of imide groups is 1. The van der Waals surface area contributed by atoms with Gasteiger partial charge in [-0.05, 0) is 42.9 Å². The van der Waals surface area contributed by atoms with E-state index in [9.17, 15) is 9.59 Å². The van der Waals surface area contributed by atoms with Crippen molar-refractivity contribution in [2.24, 2.45) is 0 Å². The maximum atomic E-state index is 11.8. The molecule has 19 heavy (non-hydrogen) atoms. The van der Waals surface area contributed by atoms with E-state index in [1.807, 2.05) is 23.4 Å². The van der Waals surface area contributed by atoms with E-state index >= 15 is 0 Å².